The van der Waals surface area contributed by atoms with Crippen LogP contribution >= 0.6 is 0 Å². The Morgan fingerprint density at radius 2 is 2.17 bits per heavy atom. The highest BCUT2D eigenvalue weighted by Crippen LogP contribution is 2.33. The van der Waals surface area contributed by atoms with E-state index in [4.69, 9.17) is 9.84 Å². The molecule has 3 heteroatoms. The van der Waals surface area contributed by atoms with Crippen LogP contribution < -0.4 is 4.74 Å². The molecule has 0 fully saturated rings. The summed E-state index contributed by atoms with van der Waals surface area (Å²) in [6.07, 6.45) is 2.20. The van der Waals surface area contributed by atoms with Crippen LogP contribution in [0, 0.1) is 0 Å². The molecule has 1 N–H and O–H groups in total. The van der Waals surface area contributed by atoms with Gasteiger partial charge in [0.15, 0.2) is 0 Å². The van der Waals surface area contributed by atoms with Crippen molar-refractivity contribution in [3.63, 3.8) is 0 Å². The van der Waals surface area contributed by atoms with Crippen LogP contribution in [0.5, 0.6) is 5.75 Å². The Kier molecular flexibility index (Phi) is 5.02. The van der Waals surface area contributed by atoms with Gasteiger partial charge in [-0.05, 0) is 31.0 Å². The normalized spacial score (nSPS) is 18.5. The van der Waals surface area contributed by atoms with Crippen LogP contribution in [0.15, 0.2) is 24.3 Å². The zero-order valence-corrected chi connectivity index (χ0v) is 11.1. The first kappa shape index (κ1) is 13.4. The van der Waals surface area contributed by atoms with E-state index in [2.05, 4.69) is 30.0 Å². The molecule has 0 aromatic heterocycles. The number of hydrogen-bond acceptors (Lipinski definition) is 3. The Labute approximate surface area is 109 Å². The van der Waals surface area contributed by atoms with E-state index in [1.54, 1.807) is 0 Å². The van der Waals surface area contributed by atoms with Crippen molar-refractivity contribution in [2.45, 2.75) is 25.7 Å². The quantitative estimate of drug-likeness (QED) is 0.839. The van der Waals surface area contributed by atoms with Gasteiger partial charge in [-0.25, -0.2) is 0 Å². The third-order valence-corrected chi connectivity index (χ3v) is 3.52. The zero-order valence-electron chi connectivity index (χ0n) is 11.1. The van der Waals surface area contributed by atoms with Crippen molar-refractivity contribution in [1.29, 1.82) is 0 Å². The number of nitrogens with zero attached hydrogens (tertiary/aromatic N) is 1. The van der Waals surface area contributed by atoms with Crippen LogP contribution in [0.25, 0.3) is 0 Å². The number of aliphatic hydroxyl groups excluding tert-OH is 1. The molecule has 0 spiro atoms. The number of hydrogen-bond donors (Lipinski definition) is 1. The minimum Gasteiger partial charge on any atom is -0.493 e. The Morgan fingerprint density at radius 1 is 1.33 bits per heavy atom. The molecule has 1 aromatic carbocycles. The molecular formula is C15H23NO2. The molecule has 1 heterocycles. The Bertz CT molecular complexity index is 361. The molecular weight excluding hydrogens is 226 g/mol. The van der Waals surface area contributed by atoms with Gasteiger partial charge in [-0.15, -0.1) is 0 Å². The van der Waals surface area contributed by atoms with Crippen molar-refractivity contribution in [1.82, 2.24) is 4.90 Å². The van der Waals surface area contributed by atoms with Crippen LogP contribution in [0.3, 0.4) is 0 Å². The van der Waals surface area contributed by atoms with Crippen molar-refractivity contribution >= 4 is 0 Å². The molecule has 1 aliphatic rings. The second kappa shape index (κ2) is 6.76. The molecule has 0 aliphatic carbocycles. The van der Waals surface area contributed by atoms with Gasteiger partial charge in [0.1, 0.15) is 5.75 Å². The van der Waals surface area contributed by atoms with E-state index in [0.29, 0.717) is 5.92 Å². The molecule has 100 valence electrons. The fraction of sp³-hybridized carbons (Fsp3) is 0.600. The maximum absolute atomic E-state index is 9.12. The van der Waals surface area contributed by atoms with Crippen LogP contribution in [0.2, 0.25) is 0 Å². The minimum absolute atomic E-state index is 0.241. The summed E-state index contributed by atoms with van der Waals surface area (Å²) in [5, 5.41) is 9.12. The van der Waals surface area contributed by atoms with E-state index in [0.717, 1.165) is 44.8 Å². The number of ether oxygens (including phenoxy) is 1. The summed E-state index contributed by atoms with van der Waals surface area (Å²) in [6.45, 7) is 6.08. The molecule has 1 aliphatic heterocycles. The lowest BCUT2D eigenvalue weighted by Gasteiger charge is -2.31. The molecule has 2 rings (SSSR count). The smallest absolute Gasteiger partial charge is 0.122 e. The largest absolute Gasteiger partial charge is 0.493 e. The number of fused-ring (bicyclic) bond motifs is 1. The van der Waals surface area contributed by atoms with Crippen molar-refractivity contribution in [3.8, 4) is 5.75 Å². The topological polar surface area (TPSA) is 32.7 Å². The molecule has 0 saturated carbocycles. The summed E-state index contributed by atoms with van der Waals surface area (Å²) >= 11 is 0. The molecule has 1 aromatic rings. The van der Waals surface area contributed by atoms with Crippen LogP contribution in [-0.4, -0.2) is 42.9 Å². The van der Waals surface area contributed by atoms with Gasteiger partial charge in [0.25, 0.3) is 0 Å². The summed E-state index contributed by atoms with van der Waals surface area (Å²) in [4.78, 5) is 2.35. The molecule has 3 nitrogen and oxygen atoms in total. The van der Waals surface area contributed by atoms with Gasteiger partial charge in [0, 0.05) is 19.0 Å². The lowest BCUT2D eigenvalue weighted by molar-refractivity contribution is 0.172. The fourth-order valence-corrected chi connectivity index (χ4v) is 2.67. The Morgan fingerprint density at radius 3 is 2.94 bits per heavy atom. The Hall–Kier alpha value is -1.06. The van der Waals surface area contributed by atoms with Crippen LogP contribution in [0.4, 0.5) is 0 Å². The van der Waals surface area contributed by atoms with Gasteiger partial charge in [-0.3, -0.25) is 0 Å². The summed E-state index contributed by atoms with van der Waals surface area (Å²) in [7, 11) is 0. The summed E-state index contributed by atoms with van der Waals surface area (Å²) in [5.41, 5.74) is 1.32. The number of rotatable bonds is 6. The van der Waals surface area contributed by atoms with E-state index in [1.807, 2.05) is 6.07 Å². The predicted molar refractivity (Wildman–Crippen MR) is 73.1 cm³/mol. The minimum atomic E-state index is 0.241. The van der Waals surface area contributed by atoms with Gasteiger partial charge in [0.05, 0.1) is 13.2 Å². The van der Waals surface area contributed by atoms with E-state index >= 15 is 0 Å². The maximum Gasteiger partial charge on any atom is 0.122 e. The first-order valence-corrected chi connectivity index (χ1v) is 6.90. The average molecular weight is 249 g/mol. The monoisotopic (exact) mass is 249 g/mol. The Balaban J connectivity index is 2.05. The summed E-state index contributed by atoms with van der Waals surface area (Å²) in [5.74, 6) is 1.57. The lowest BCUT2D eigenvalue weighted by Crippen LogP contribution is -2.33. The van der Waals surface area contributed by atoms with Gasteiger partial charge in [-0.1, -0.05) is 25.1 Å². The summed E-state index contributed by atoms with van der Waals surface area (Å²) < 4.78 is 5.69. The first-order chi connectivity index (χ1) is 8.85. The molecule has 18 heavy (non-hydrogen) atoms. The van der Waals surface area contributed by atoms with E-state index in [-0.39, 0.29) is 6.61 Å². The molecule has 1 atom stereocenters. The molecule has 0 amide bonds. The average Bonchev–Trinajstić information content (AvgIpc) is 2.40. The molecule has 0 bridgehead atoms. The van der Waals surface area contributed by atoms with E-state index in [9.17, 15) is 0 Å². The van der Waals surface area contributed by atoms with E-state index in [1.165, 1.54) is 5.56 Å². The maximum atomic E-state index is 9.12. The van der Waals surface area contributed by atoms with Crippen molar-refractivity contribution in [2.75, 3.05) is 32.8 Å². The summed E-state index contributed by atoms with van der Waals surface area (Å²) in [6, 6.07) is 8.33. The number of para-hydroxylation sites is 1. The second-order valence-corrected chi connectivity index (χ2v) is 4.90. The zero-order chi connectivity index (χ0) is 12.8. The highest BCUT2D eigenvalue weighted by molar-refractivity contribution is 5.37. The van der Waals surface area contributed by atoms with E-state index < -0.39 is 0 Å². The van der Waals surface area contributed by atoms with Gasteiger partial charge in [0.2, 0.25) is 0 Å². The van der Waals surface area contributed by atoms with Crippen LogP contribution in [0.1, 0.15) is 31.2 Å². The standard InChI is InChI=1S/C15H23NO2/c1-2-8-16(9-10-17)12-13-7-11-18-15-6-4-3-5-14(13)15/h3-6,13,17H,2,7-12H2,1H3. The highest BCUT2D eigenvalue weighted by atomic mass is 16.5. The number of aliphatic hydroxyl groups is 1. The van der Waals surface area contributed by atoms with Crippen molar-refractivity contribution in [2.24, 2.45) is 0 Å². The van der Waals surface area contributed by atoms with Gasteiger partial charge < -0.3 is 14.7 Å². The fourth-order valence-electron chi connectivity index (χ4n) is 2.67. The van der Waals surface area contributed by atoms with Crippen molar-refractivity contribution < 1.29 is 9.84 Å². The first-order valence-electron chi connectivity index (χ1n) is 6.90. The predicted octanol–water partition coefficient (Wildman–Crippen LogP) is 2.26. The SMILES string of the molecule is CCCN(CCO)CC1CCOc2ccccc21. The van der Waals surface area contributed by atoms with Crippen molar-refractivity contribution in [3.05, 3.63) is 29.8 Å². The second-order valence-electron chi connectivity index (χ2n) is 4.90. The molecule has 0 radical (unpaired) electrons. The number of benzene rings is 1. The third-order valence-electron chi connectivity index (χ3n) is 3.52. The van der Waals surface area contributed by atoms with Gasteiger partial charge in [-0.2, -0.15) is 0 Å². The lowest BCUT2D eigenvalue weighted by atomic mass is 9.92. The third kappa shape index (κ3) is 3.24. The highest BCUT2D eigenvalue weighted by Gasteiger charge is 2.22. The van der Waals surface area contributed by atoms with Crippen LogP contribution in [-0.2, 0) is 0 Å². The molecule has 1 unspecified atom stereocenters. The molecule has 0 saturated heterocycles. The van der Waals surface area contributed by atoms with Gasteiger partial charge >= 0.3 is 0 Å².